The highest BCUT2D eigenvalue weighted by Crippen LogP contribution is 2.36. The Labute approximate surface area is 129 Å². The second-order valence-electron chi connectivity index (χ2n) is 5.32. The highest BCUT2D eigenvalue weighted by Gasteiger charge is 2.31. The molecule has 112 valence electrons. The summed E-state index contributed by atoms with van der Waals surface area (Å²) < 4.78 is 23.3. The molecule has 1 unspecified atom stereocenters. The van der Waals surface area contributed by atoms with Crippen LogP contribution < -0.4 is 5.32 Å². The molecule has 0 amide bonds. The van der Waals surface area contributed by atoms with Crippen molar-refractivity contribution in [2.75, 3.05) is 18.6 Å². The summed E-state index contributed by atoms with van der Waals surface area (Å²) in [7, 11) is -0.962. The molecule has 1 atom stereocenters. The molecule has 0 saturated carbocycles. The van der Waals surface area contributed by atoms with Gasteiger partial charge in [-0.3, -0.25) is 0 Å². The summed E-state index contributed by atoms with van der Waals surface area (Å²) in [4.78, 5) is 5.93. The van der Waals surface area contributed by atoms with Gasteiger partial charge in [0.05, 0.1) is 22.2 Å². The molecule has 1 aliphatic rings. The van der Waals surface area contributed by atoms with Crippen molar-refractivity contribution in [1.29, 1.82) is 0 Å². The molecule has 0 bridgehead atoms. The molecule has 2 heterocycles. The van der Waals surface area contributed by atoms with Gasteiger partial charge in [-0.1, -0.05) is 30.3 Å². The van der Waals surface area contributed by atoms with Crippen LogP contribution in [0.15, 0.2) is 30.3 Å². The maximum Gasteiger partial charge on any atom is 0.151 e. The smallest absolute Gasteiger partial charge is 0.151 e. The Bertz CT molecular complexity index is 723. The lowest BCUT2D eigenvalue weighted by Crippen LogP contribution is -2.04. The summed E-state index contributed by atoms with van der Waals surface area (Å²) in [5.74, 6) is 0.598. The molecule has 21 heavy (non-hydrogen) atoms. The first-order chi connectivity index (χ1) is 10.1. The van der Waals surface area contributed by atoms with Crippen molar-refractivity contribution in [3.63, 3.8) is 0 Å². The van der Waals surface area contributed by atoms with Crippen LogP contribution in [0.1, 0.15) is 22.2 Å². The summed E-state index contributed by atoms with van der Waals surface area (Å²) in [6, 6.07) is 10.1. The minimum atomic E-state index is -2.87. The maximum atomic E-state index is 11.7. The molecule has 1 aromatic heterocycles. The lowest BCUT2D eigenvalue weighted by Gasteiger charge is -2.01. The lowest BCUT2D eigenvalue weighted by atomic mass is 10.1. The molecule has 2 aromatic rings. The normalized spacial score (nSPS) is 20.7. The number of hydrogen-bond donors (Lipinski definition) is 1. The number of sulfone groups is 1. The number of nitrogens with one attached hydrogen (secondary N) is 1. The molecule has 0 spiro atoms. The number of aromatic nitrogens is 1. The van der Waals surface area contributed by atoms with Crippen LogP contribution >= 0.6 is 11.3 Å². The number of rotatable bonds is 4. The first-order valence-electron chi connectivity index (χ1n) is 6.99. The zero-order chi connectivity index (χ0) is 14.9. The predicted octanol–water partition coefficient (Wildman–Crippen LogP) is 2.43. The molecule has 1 aliphatic heterocycles. The Kier molecular flexibility index (Phi) is 4.10. The highest BCUT2D eigenvalue weighted by molar-refractivity contribution is 7.91. The van der Waals surface area contributed by atoms with Crippen molar-refractivity contribution < 1.29 is 8.42 Å². The summed E-state index contributed by atoms with van der Waals surface area (Å²) >= 11 is 1.64. The van der Waals surface area contributed by atoms with E-state index in [0.29, 0.717) is 12.2 Å². The van der Waals surface area contributed by atoms with E-state index >= 15 is 0 Å². The van der Waals surface area contributed by atoms with Crippen molar-refractivity contribution >= 4 is 21.2 Å². The van der Waals surface area contributed by atoms with Crippen LogP contribution in [0, 0.1) is 0 Å². The molecule has 4 nitrogen and oxygen atoms in total. The van der Waals surface area contributed by atoms with Gasteiger partial charge < -0.3 is 5.32 Å². The fourth-order valence-corrected chi connectivity index (χ4v) is 5.72. The van der Waals surface area contributed by atoms with E-state index in [2.05, 4.69) is 5.32 Å². The quantitative estimate of drug-likeness (QED) is 0.939. The Morgan fingerprint density at radius 2 is 2.10 bits per heavy atom. The lowest BCUT2D eigenvalue weighted by molar-refractivity contribution is 0.601. The molecule has 0 aliphatic carbocycles. The molecular weight excluding hydrogens is 304 g/mol. The van der Waals surface area contributed by atoms with Crippen LogP contribution in [0.3, 0.4) is 0 Å². The molecule has 1 N–H and O–H groups in total. The van der Waals surface area contributed by atoms with E-state index in [4.69, 9.17) is 4.98 Å². The van der Waals surface area contributed by atoms with Gasteiger partial charge in [-0.05, 0) is 13.5 Å². The van der Waals surface area contributed by atoms with Crippen LogP contribution in [0.5, 0.6) is 0 Å². The second kappa shape index (κ2) is 5.87. The van der Waals surface area contributed by atoms with Crippen LogP contribution in [0.4, 0.5) is 0 Å². The van der Waals surface area contributed by atoms with Gasteiger partial charge in [0.1, 0.15) is 0 Å². The first-order valence-corrected chi connectivity index (χ1v) is 9.63. The Balaban J connectivity index is 1.97. The summed E-state index contributed by atoms with van der Waals surface area (Å²) in [5, 5.41) is 4.12. The van der Waals surface area contributed by atoms with Gasteiger partial charge >= 0.3 is 0 Å². The molecule has 0 radical (unpaired) electrons. The monoisotopic (exact) mass is 322 g/mol. The van der Waals surface area contributed by atoms with Gasteiger partial charge in [0.15, 0.2) is 9.84 Å². The summed E-state index contributed by atoms with van der Waals surface area (Å²) in [6.07, 6.45) is 0.697. The number of thiazole rings is 1. The third kappa shape index (κ3) is 3.17. The summed E-state index contributed by atoms with van der Waals surface area (Å²) in [6.45, 7) is 0.751. The van der Waals surface area contributed by atoms with Crippen LogP contribution in [0.2, 0.25) is 0 Å². The van der Waals surface area contributed by atoms with E-state index in [1.165, 1.54) is 4.88 Å². The van der Waals surface area contributed by atoms with Gasteiger partial charge in [0, 0.05) is 22.9 Å². The number of hydrogen-bond acceptors (Lipinski definition) is 5. The zero-order valence-electron chi connectivity index (χ0n) is 11.9. The van der Waals surface area contributed by atoms with Crippen LogP contribution in [-0.2, 0) is 16.4 Å². The Morgan fingerprint density at radius 3 is 2.71 bits per heavy atom. The van der Waals surface area contributed by atoms with Crippen molar-refractivity contribution in [1.82, 2.24) is 10.3 Å². The fourth-order valence-electron chi connectivity index (χ4n) is 2.64. The van der Waals surface area contributed by atoms with E-state index in [9.17, 15) is 8.42 Å². The zero-order valence-corrected chi connectivity index (χ0v) is 13.5. The van der Waals surface area contributed by atoms with Crippen LogP contribution in [-0.4, -0.2) is 32.0 Å². The molecule has 1 saturated heterocycles. The third-order valence-corrected chi connectivity index (χ3v) is 6.67. The number of nitrogens with zero attached hydrogens (tertiary/aromatic N) is 1. The van der Waals surface area contributed by atoms with Gasteiger partial charge in [0.2, 0.25) is 0 Å². The van der Waals surface area contributed by atoms with Crippen molar-refractivity contribution in [2.45, 2.75) is 18.9 Å². The molecule has 1 aromatic carbocycles. The van der Waals surface area contributed by atoms with Crippen molar-refractivity contribution in [2.24, 2.45) is 0 Å². The minimum Gasteiger partial charge on any atom is -0.315 e. The third-order valence-electron chi connectivity index (χ3n) is 3.68. The Hall–Kier alpha value is -1.24. The van der Waals surface area contributed by atoms with E-state index in [1.54, 1.807) is 11.3 Å². The van der Waals surface area contributed by atoms with E-state index in [-0.39, 0.29) is 11.7 Å². The molecule has 6 heteroatoms. The van der Waals surface area contributed by atoms with Crippen LogP contribution in [0.25, 0.3) is 11.3 Å². The highest BCUT2D eigenvalue weighted by atomic mass is 32.2. The SMILES string of the molecule is CNCc1sc(C2CCS(=O)(=O)C2)nc1-c1ccccc1. The fraction of sp³-hybridized carbons (Fsp3) is 0.400. The Morgan fingerprint density at radius 1 is 1.33 bits per heavy atom. The van der Waals surface area contributed by atoms with Gasteiger partial charge in [-0.2, -0.15) is 0 Å². The largest absolute Gasteiger partial charge is 0.315 e. The van der Waals surface area contributed by atoms with Gasteiger partial charge in [0.25, 0.3) is 0 Å². The topological polar surface area (TPSA) is 59.1 Å². The maximum absolute atomic E-state index is 11.7. The van der Waals surface area contributed by atoms with Gasteiger partial charge in [-0.15, -0.1) is 11.3 Å². The van der Waals surface area contributed by atoms with E-state index < -0.39 is 9.84 Å². The van der Waals surface area contributed by atoms with E-state index in [0.717, 1.165) is 22.8 Å². The average Bonchev–Trinajstić information content (AvgIpc) is 3.04. The molecular formula is C15H18N2O2S2. The molecule has 1 fully saturated rings. The molecule has 3 rings (SSSR count). The van der Waals surface area contributed by atoms with Crippen molar-refractivity contribution in [3.8, 4) is 11.3 Å². The first kappa shape index (κ1) is 14.7. The average molecular weight is 322 g/mol. The van der Waals surface area contributed by atoms with E-state index in [1.807, 2.05) is 37.4 Å². The summed E-state index contributed by atoms with van der Waals surface area (Å²) in [5.41, 5.74) is 2.07. The minimum absolute atomic E-state index is 0.0630. The van der Waals surface area contributed by atoms with Gasteiger partial charge in [-0.25, -0.2) is 13.4 Å². The van der Waals surface area contributed by atoms with Crippen molar-refractivity contribution in [3.05, 3.63) is 40.2 Å². The standard InChI is InChI=1S/C15H18N2O2S2/c1-16-9-13-14(11-5-3-2-4-6-11)17-15(20-13)12-7-8-21(18,19)10-12/h2-6,12,16H,7-10H2,1H3. The predicted molar refractivity (Wildman–Crippen MR) is 86.3 cm³/mol. The number of benzene rings is 1. The second-order valence-corrected chi connectivity index (χ2v) is 8.66.